The summed E-state index contributed by atoms with van der Waals surface area (Å²) in [6.45, 7) is 1.38. The lowest BCUT2D eigenvalue weighted by Gasteiger charge is -2.08. The number of nitrogens with zero attached hydrogens (tertiary/aromatic N) is 2. The number of allylic oxidation sites excluding steroid dienone is 1. The number of aliphatic carboxylic acids is 2. The second-order valence-electron chi connectivity index (χ2n) is 6.20. The standard InChI is InChI=1S/C20H24N2O2.C2H2O4/c1-22(2)15-16-24-21-20(18-7-5-4-6-8-18)14-11-17-9-12-19(23-3)13-10-17;3-1(4)2(5)6/h4-14H,15-16H2,1-3H3;(H,3,4)(H,5,6). The maximum atomic E-state index is 9.10. The maximum absolute atomic E-state index is 9.10. The predicted octanol–water partition coefficient (Wildman–Crippen LogP) is 2.85. The molecule has 0 atom stereocenters. The van der Waals surface area contributed by atoms with E-state index in [0.717, 1.165) is 29.1 Å². The van der Waals surface area contributed by atoms with Crippen LogP contribution >= 0.6 is 0 Å². The van der Waals surface area contributed by atoms with E-state index in [4.69, 9.17) is 29.4 Å². The van der Waals surface area contributed by atoms with Crippen LogP contribution in [0.25, 0.3) is 6.08 Å². The highest BCUT2D eigenvalue weighted by molar-refractivity contribution is 6.27. The van der Waals surface area contributed by atoms with E-state index in [-0.39, 0.29) is 0 Å². The van der Waals surface area contributed by atoms with Crippen molar-refractivity contribution in [2.45, 2.75) is 0 Å². The molecule has 2 rings (SSSR count). The van der Waals surface area contributed by atoms with E-state index < -0.39 is 11.9 Å². The summed E-state index contributed by atoms with van der Waals surface area (Å²) in [4.78, 5) is 25.7. The van der Waals surface area contributed by atoms with Crippen molar-refractivity contribution in [1.82, 2.24) is 4.90 Å². The summed E-state index contributed by atoms with van der Waals surface area (Å²) in [7, 11) is 5.68. The number of carbonyl (C=O) groups is 2. The van der Waals surface area contributed by atoms with Crippen LogP contribution in [0.5, 0.6) is 5.75 Å². The lowest BCUT2D eigenvalue weighted by Crippen LogP contribution is -2.17. The third-order valence-corrected chi connectivity index (χ3v) is 3.59. The Morgan fingerprint density at radius 1 is 1.00 bits per heavy atom. The van der Waals surface area contributed by atoms with Gasteiger partial charge in [0, 0.05) is 12.1 Å². The molecule has 2 aromatic carbocycles. The number of ether oxygens (including phenoxy) is 1. The zero-order valence-corrected chi connectivity index (χ0v) is 17.2. The van der Waals surface area contributed by atoms with Gasteiger partial charge in [-0.2, -0.15) is 0 Å². The van der Waals surface area contributed by atoms with Gasteiger partial charge in [0.15, 0.2) is 0 Å². The topological polar surface area (TPSA) is 109 Å². The van der Waals surface area contributed by atoms with Crippen molar-refractivity contribution >= 4 is 23.7 Å². The second-order valence-corrected chi connectivity index (χ2v) is 6.20. The molecule has 0 heterocycles. The van der Waals surface area contributed by atoms with Crippen LogP contribution in [0.3, 0.4) is 0 Å². The van der Waals surface area contributed by atoms with Crippen LogP contribution in [-0.2, 0) is 14.4 Å². The van der Waals surface area contributed by atoms with Crippen molar-refractivity contribution < 1.29 is 29.4 Å². The van der Waals surface area contributed by atoms with Crippen LogP contribution in [0, 0.1) is 0 Å². The van der Waals surface area contributed by atoms with Gasteiger partial charge in [-0.05, 0) is 37.9 Å². The van der Waals surface area contributed by atoms with Crippen molar-refractivity contribution in [2.75, 3.05) is 34.4 Å². The maximum Gasteiger partial charge on any atom is 0.414 e. The Balaban J connectivity index is 0.000000656. The molecule has 2 N–H and O–H groups in total. The average molecular weight is 414 g/mol. The molecular weight excluding hydrogens is 388 g/mol. The summed E-state index contributed by atoms with van der Waals surface area (Å²) in [5, 5.41) is 19.1. The minimum Gasteiger partial charge on any atom is -0.497 e. The average Bonchev–Trinajstić information content (AvgIpc) is 2.74. The van der Waals surface area contributed by atoms with Crippen LogP contribution in [0.4, 0.5) is 0 Å². The van der Waals surface area contributed by atoms with E-state index in [2.05, 4.69) is 10.1 Å². The zero-order chi connectivity index (χ0) is 22.4. The Bertz CT molecular complexity index is 834. The van der Waals surface area contributed by atoms with Crippen molar-refractivity contribution in [3.63, 3.8) is 0 Å². The molecule has 0 aliphatic heterocycles. The lowest BCUT2D eigenvalue weighted by molar-refractivity contribution is -0.159. The van der Waals surface area contributed by atoms with Gasteiger partial charge >= 0.3 is 11.9 Å². The van der Waals surface area contributed by atoms with Crippen LogP contribution in [0.15, 0.2) is 65.8 Å². The Morgan fingerprint density at radius 2 is 1.60 bits per heavy atom. The number of carboxylic acids is 2. The van der Waals surface area contributed by atoms with Crippen molar-refractivity contribution in [1.29, 1.82) is 0 Å². The first-order chi connectivity index (χ1) is 14.3. The number of likely N-dealkylation sites (N-methyl/N-ethyl adjacent to an activating group) is 1. The molecule has 0 fully saturated rings. The van der Waals surface area contributed by atoms with Crippen LogP contribution in [0.1, 0.15) is 11.1 Å². The number of hydrogen-bond donors (Lipinski definition) is 2. The van der Waals surface area contributed by atoms with Crippen LogP contribution in [0.2, 0.25) is 0 Å². The first kappa shape index (κ1) is 24.4. The lowest BCUT2D eigenvalue weighted by atomic mass is 10.1. The minimum absolute atomic E-state index is 0.555. The van der Waals surface area contributed by atoms with Gasteiger partial charge in [-0.1, -0.05) is 53.7 Å². The molecule has 0 saturated carbocycles. The quantitative estimate of drug-likeness (QED) is 0.296. The Morgan fingerprint density at radius 3 is 2.10 bits per heavy atom. The molecule has 160 valence electrons. The number of oxime groups is 1. The molecule has 2 aromatic rings. The molecule has 0 aromatic heterocycles. The van der Waals surface area contributed by atoms with E-state index in [1.54, 1.807) is 7.11 Å². The normalized spacial score (nSPS) is 11.0. The highest BCUT2D eigenvalue weighted by Crippen LogP contribution is 2.13. The molecule has 0 aliphatic carbocycles. The third kappa shape index (κ3) is 10.0. The molecule has 30 heavy (non-hydrogen) atoms. The fourth-order valence-electron chi connectivity index (χ4n) is 2.02. The highest BCUT2D eigenvalue weighted by atomic mass is 16.6. The summed E-state index contributed by atoms with van der Waals surface area (Å²) in [6, 6.07) is 17.9. The number of methoxy groups -OCH3 is 1. The van der Waals surface area contributed by atoms with Gasteiger partial charge in [0.05, 0.1) is 7.11 Å². The smallest absolute Gasteiger partial charge is 0.414 e. The molecule has 0 bridgehead atoms. The van der Waals surface area contributed by atoms with Gasteiger partial charge in [0.2, 0.25) is 0 Å². The van der Waals surface area contributed by atoms with E-state index in [9.17, 15) is 0 Å². The number of rotatable bonds is 8. The second kappa shape index (κ2) is 13.5. The third-order valence-electron chi connectivity index (χ3n) is 3.59. The van der Waals surface area contributed by atoms with Crippen molar-refractivity contribution in [3.8, 4) is 5.75 Å². The monoisotopic (exact) mass is 414 g/mol. The fraction of sp³-hybridized carbons (Fsp3) is 0.227. The molecule has 0 spiro atoms. The van der Waals surface area contributed by atoms with Gasteiger partial charge in [0.25, 0.3) is 0 Å². The predicted molar refractivity (Wildman–Crippen MR) is 115 cm³/mol. The van der Waals surface area contributed by atoms with Gasteiger partial charge in [-0.15, -0.1) is 0 Å². The van der Waals surface area contributed by atoms with E-state index in [1.807, 2.05) is 80.8 Å². The minimum atomic E-state index is -1.82. The van der Waals surface area contributed by atoms with Gasteiger partial charge < -0.3 is 24.7 Å². The molecule has 0 aliphatic rings. The first-order valence-electron chi connectivity index (χ1n) is 9.02. The largest absolute Gasteiger partial charge is 0.497 e. The molecule has 8 nitrogen and oxygen atoms in total. The molecule has 0 amide bonds. The number of benzene rings is 2. The van der Waals surface area contributed by atoms with E-state index in [1.165, 1.54) is 0 Å². The van der Waals surface area contributed by atoms with E-state index >= 15 is 0 Å². The molecular formula is C22H26N2O6. The summed E-state index contributed by atoms with van der Waals surface area (Å²) >= 11 is 0. The summed E-state index contributed by atoms with van der Waals surface area (Å²) in [5.74, 6) is -2.80. The fourth-order valence-corrected chi connectivity index (χ4v) is 2.02. The Hall–Kier alpha value is -3.65. The van der Waals surface area contributed by atoms with Crippen LogP contribution < -0.4 is 4.74 Å². The summed E-state index contributed by atoms with van der Waals surface area (Å²) < 4.78 is 5.18. The van der Waals surface area contributed by atoms with Gasteiger partial charge in [0.1, 0.15) is 18.1 Å². The molecule has 0 radical (unpaired) electrons. The van der Waals surface area contributed by atoms with Crippen molar-refractivity contribution in [2.24, 2.45) is 5.16 Å². The highest BCUT2D eigenvalue weighted by Gasteiger charge is 2.04. The van der Waals surface area contributed by atoms with E-state index in [0.29, 0.717) is 6.61 Å². The molecule has 0 unspecified atom stereocenters. The number of carboxylic acid groups (broad SMARTS) is 2. The molecule has 8 heteroatoms. The zero-order valence-electron chi connectivity index (χ0n) is 17.2. The molecule has 0 saturated heterocycles. The first-order valence-corrected chi connectivity index (χ1v) is 9.02. The Kier molecular flexibility index (Phi) is 11.0. The van der Waals surface area contributed by atoms with Gasteiger partial charge in [-0.25, -0.2) is 9.59 Å². The Labute approximate surface area is 175 Å². The van der Waals surface area contributed by atoms with Gasteiger partial charge in [-0.3, -0.25) is 0 Å². The SMILES string of the molecule is COc1ccc(C=CC(=NOCCN(C)C)c2ccccc2)cc1.O=C(O)C(=O)O. The number of hydrogen-bond acceptors (Lipinski definition) is 6. The summed E-state index contributed by atoms with van der Waals surface area (Å²) in [6.07, 6.45) is 3.98. The van der Waals surface area contributed by atoms with Crippen molar-refractivity contribution in [3.05, 3.63) is 71.8 Å². The summed E-state index contributed by atoms with van der Waals surface area (Å²) in [5.41, 5.74) is 2.89. The van der Waals surface area contributed by atoms with Crippen LogP contribution in [-0.4, -0.2) is 67.1 Å².